The Morgan fingerprint density at radius 2 is 1.74 bits per heavy atom. The van der Waals surface area contributed by atoms with E-state index in [0.29, 0.717) is 16.3 Å². The van der Waals surface area contributed by atoms with E-state index in [1.165, 1.54) is 0 Å². The first-order valence-corrected chi connectivity index (χ1v) is 6.33. The molecule has 0 saturated carbocycles. The number of anilines is 1. The maximum atomic E-state index is 11.4. The van der Waals surface area contributed by atoms with Crippen molar-refractivity contribution in [3.05, 3.63) is 64.1 Å². The molecule has 0 fully saturated rings. The Hall–Kier alpha value is -1.71. The van der Waals surface area contributed by atoms with Crippen LogP contribution in [-0.2, 0) is 4.79 Å². The van der Waals surface area contributed by atoms with E-state index in [-0.39, 0.29) is 5.02 Å². The first kappa shape index (κ1) is 13.7. The van der Waals surface area contributed by atoms with Gasteiger partial charge in [-0.3, -0.25) is 0 Å². The van der Waals surface area contributed by atoms with E-state index in [9.17, 15) is 9.90 Å². The fraction of sp³-hybridized carbons (Fsp3) is 0.0714. The summed E-state index contributed by atoms with van der Waals surface area (Å²) >= 11 is 12.0. The number of carboxylic acid groups (broad SMARTS) is 1. The van der Waals surface area contributed by atoms with E-state index >= 15 is 0 Å². The molecule has 0 saturated heterocycles. The fourth-order valence-corrected chi connectivity index (χ4v) is 2.13. The second-order valence-electron chi connectivity index (χ2n) is 3.92. The van der Waals surface area contributed by atoms with Gasteiger partial charge in [-0.15, -0.1) is 0 Å². The van der Waals surface area contributed by atoms with Gasteiger partial charge >= 0.3 is 5.97 Å². The standard InChI is InChI=1S/C14H11Cl2NO2/c15-11-8-4-7-10(12(11)16)13(14(18)19)17-9-5-2-1-3-6-9/h1-8,13,17H,(H,18,19). The highest BCUT2D eigenvalue weighted by atomic mass is 35.5. The average Bonchev–Trinajstić information content (AvgIpc) is 2.40. The van der Waals surface area contributed by atoms with Crippen molar-refractivity contribution in [2.75, 3.05) is 5.32 Å². The van der Waals surface area contributed by atoms with Crippen molar-refractivity contribution in [2.45, 2.75) is 6.04 Å². The summed E-state index contributed by atoms with van der Waals surface area (Å²) in [7, 11) is 0. The van der Waals surface area contributed by atoms with Crippen molar-refractivity contribution >= 4 is 34.9 Å². The molecule has 0 aliphatic rings. The highest BCUT2D eigenvalue weighted by molar-refractivity contribution is 6.42. The van der Waals surface area contributed by atoms with Gasteiger partial charge < -0.3 is 10.4 Å². The van der Waals surface area contributed by atoms with Gasteiger partial charge in [0.25, 0.3) is 0 Å². The lowest BCUT2D eigenvalue weighted by atomic mass is 10.1. The molecule has 2 aromatic carbocycles. The summed E-state index contributed by atoms with van der Waals surface area (Å²) in [6.45, 7) is 0. The summed E-state index contributed by atoms with van der Waals surface area (Å²) in [5.74, 6) is -1.02. The van der Waals surface area contributed by atoms with Crippen LogP contribution >= 0.6 is 23.2 Å². The number of hydrogen-bond acceptors (Lipinski definition) is 2. The molecule has 5 heteroatoms. The van der Waals surface area contributed by atoms with Gasteiger partial charge in [-0.2, -0.15) is 0 Å². The third kappa shape index (κ3) is 3.19. The van der Waals surface area contributed by atoms with E-state index in [1.54, 1.807) is 30.3 Å². The van der Waals surface area contributed by atoms with Crippen LogP contribution in [0.5, 0.6) is 0 Å². The molecule has 0 amide bonds. The van der Waals surface area contributed by atoms with E-state index in [1.807, 2.05) is 18.2 Å². The Balaban J connectivity index is 2.36. The summed E-state index contributed by atoms with van der Waals surface area (Å²) in [6.07, 6.45) is 0. The molecule has 0 aliphatic carbocycles. The normalized spacial score (nSPS) is 11.9. The molecule has 1 atom stereocenters. The molecule has 0 heterocycles. The lowest BCUT2D eigenvalue weighted by Gasteiger charge is -2.17. The van der Waals surface area contributed by atoms with Crippen LogP contribution in [0.3, 0.4) is 0 Å². The average molecular weight is 296 g/mol. The summed E-state index contributed by atoms with van der Waals surface area (Å²) in [5, 5.41) is 12.8. The van der Waals surface area contributed by atoms with Crippen LogP contribution < -0.4 is 5.32 Å². The lowest BCUT2D eigenvalue weighted by molar-refractivity contribution is -0.138. The number of halogens is 2. The van der Waals surface area contributed by atoms with Crippen LogP contribution in [0.15, 0.2) is 48.5 Å². The Labute approximate surface area is 120 Å². The maximum Gasteiger partial charge on any atom is 0.330 e. The first-order chi connectivity index (χ1) is 9.09. The SMILES string of the molecule is O=C(O)C(Nc1ccccc1)c1cccc(Cl)c1Cl. The number of carboxylic acids is 1. The van der Waals surface area contributed by atoms with Gasteiger partial charge in [0.1, 0.15) is 0 Å². The van der Waals surface area contributed by atoms with Crippen molar-refractivity contribution in [1.82, 2.24) is 0 Å². The minimum absolute atomic E-state index is 0.250. The zero-order valence-electron chi connectivity index (χ0n) is 9.81. The molecule has 2 N–H and O–H groups in total. The maximum absolute atomic E-state index is 11.4. The number of hydrogen-bond donors (Lipinski definition) is 2. The van der Waals surface area contributed by atoms with Crippen molar-refractivity contribution in [1.29, 1.82) is 0 Å². The molecule has 0 aromatic heterocycles. The minimum Gasteiger partial charge on any atom is -0.479 e. The summed E-state index contributed by atoms with van der Waals surface area (Å²) < 4.78 is 0. The number of aliphatic carboxylic acids is 1. The largest absolute Gasteiger partial charge is 0.479 e. The predicted molar refractivity (Wildman–Crippen MR) is 76.9 cm³/mol. The molecule has 2 rings (SSSR count). The van der Waals surface area contributed by atoms with Gasteiger partial charge in [-0.25, -0.2) is 4.79 Å². The first-order valence-electron chi connectivity index (χ1n) is 5.58. The molecule has 0 spiro atoms. The van der Waals surface area contributed by atoms with E-state index in [2.05, 4.69) is 5.32 Å². The van der Waals surface area contributed by atoms with Gasteiger partial charge in [-0.05, 0) is 18.2 Å². The molecule has 0 radical (unpaired) electrons. The fourth-order valence-electron chi connectivity index (χ4n) is 1.72. The number of carbonyl (C=O) groups is 1. The third-order valence-corrected chi connectivity index (χ3v) is 3.46. The number of nitrogens with one attached hydrogen (secondary N) is 1. The Morgan fingerprint density at radius 3 is 2.37 bits per heavy atom. The number of benzene rings is 2. The summed E-state index contributed by atoms with van der Waals surface area (Å²) in [4.78, 5) is 11.4. The second kappa shape index (κ2) is 5.95. The molecule has 98 valence electrons. The van der Waals surface area contributed by atoms with Crippen molar-refractivity contribution in [3.8, 4) is 0 Å². The predicted octanol–water partition coefficient (Wildman–Crippen LogP) is 4.23. The van der Waals surface area contributed by atoms with Gasteiger partial charge in [-0.1, -0.05) is 53.5 Å². The second-order valence-corrected chi connectivity index (χ2v) is 4.71. The van der Waals surface area contributed by atoms with E-state index < -0.39 is 12.0 Å². The monoisotopic (exact) mass is 295 g/mol. The Kier molecular flexibility index (Phi) is 4.30. The van der Waals surface area contributed by atoms with Gasteiger partial charge in [0.2, 0.25) is 0 Å². The number of para-hydroxylation sites is 1. The zero-order valence-corrected chi connectivity index (χ0v) is 11.3. The highest BCUT2D eigenvalue weighted by Gasteiger charge is 2.23. The van der Waals surface area contributed by atoms with Gasteiger partial charge in [0, 0.05) is 11.3 Å². The van der Waals surface area contributed by atoms with E-state index in [0.717, 1.165) is 0 Å². The van der Waals surface area contributed by atoms with Gasteiger partial charge in [0.05, 0.1) is 10.0 Å². The Morgan fingerprint density at radius 1 is 1.05 bits per heavy atom. The van der Waals surface area contributed by atoms with Crippen LogP contribution in [0, 0.1) is 0 Å². The molecule has 0 aliphatic heterocycles. The molecule has 3 nitrogen and oxygen atoms in total. The highest BCUT2D eigenvalue weighted by Crippen LogP contribution is 2.31. The summed E-state index contributed by atoms with van der Waals surface area (Å²) in [5.41, 5.74) is 1.14. The lowest BCUT2D eigenvalue weighted by Crippen LogP contribution is -2.20. The quantitative estimate of drug-likeness (QED) is 0.887. The van der Waals surface area contributed by atoms with Gasteiger partial charge in [0.15, 0.2) is 6.04 Å². The smallest absolute Gasteiger partial charge is 0.330 e. The van der Waals surface area contributed by atoms with Crippen LogP contribution in [-0.4, -0.2) is 11.1 Å². The van der Waals surface area contributed by atoms with Crippen LogP contribution in [0.1, 0.15) is 11.6 Å². The van der Waals surface area contributed by atoms with Crippen LogP contribution in [0.2, 0.25) is 10.0 Å². The molecule has 2 aromatic rings. The van der Waals surface area contributed by atoms with Crippen molar-refractivity contribution in [3.63, 3.8) is 0 Å². The number of rotatable bonds is 4. The Bertz CT molecular complexity index is 587. The van der Waals surface area contributed by atoms with Crippen LogP contribution in [0.4, 0.5) is 5.69 Å². The van der Waals surface area contributed by atoms with Crippen LogP contribution in [0.25, 0.3) is 0 Å². The van der Waals surface area contributed by atoms with Crippen molar-refractivity contribution < 1.29 is 9.90 Å². The third-order valence-electron chi connectivity index (χ3n) is 2.62. The van der Waals surface area contributed by atoms with E-state index in [4.69, 9.17) is 23.2 Å². The van der Waals surface area contributed by atoms with Crippen molar-refractivity contribution in [2.24, 2.45) is 0 Å². The molecule has 1 unspecified atom stereocenters. The zero-order chi connectivity index (χ0) is 13.8. The summed E-state index contributed by atoms with van der Waals surface area (Å²) in [6, 6.07) is 13.1. The minimum atomic E-state index is -1.02. The molecule has 0 bridgehead atoms. The topological polar surface area (TPSA) is 49.3 Å². The molecule has 19 heavy (non-hydrogen) atoms. The molecular formula is C14H11Cl2NO2. The molecular weight excluding hydrogens is 285 g/mol.